The van der Waals surface area contributed by atoms with E-state index in [4.69, 9.17) is 4.42 Å². The van der Waals surface area contributed by atoms with Crippen molar-refractivity contribution in [3.63, 3.8) is 0 Å². The second-order valence-electron chi connectivity index (χ2n) is 3.22. The Hall–Kier alpha value is -1.31. The van der Waals surface area contributed by atoms with Crippen LogP contribution in [-0.4, -0.2) is 28.6 Å². The van der Waals surface area contributed by atoms with Gasteiger partial charge >= 0.3 is 6.18 Å². The van der Waals surface area contributed by atoms with Crippen LogP contribution < -0.4 is 5.32 Å². The lowest BCUT2D eigenvalue weighted by Gasteiger charge is -2.07. The molecular formula is C9H10F3NO3S. The summed E-state index contributed by atoms with van der Waals surface area (Å²) in [4.78, 5) is 11.4. The number of alkyl halides is 3. The first-order chi connectivity index (χ1) is 7.79. The van der Waals surface area contributed by atoms with Crippen LogP contribution in [0.25, 0.3) is 0 Å². The minimum atomic E-state index is -4.47. The van der Waals surface area contributed by atoms with Gasteiger partial charge in [0, 0.05) is 0 Å². The lowest BCUT2D eigenvalue weighted by molar-refractivity contribution is -0.136. The molecule has 0 aliphatic carbocycles. The van der Waals surface area contributed by atoms with Crippen LogP contribution in [-0.2, 0) is 15.6 Å². The molecule has 96 valence electrons. The Morgan fingerprint density at radius 1 is 1.53 bits per heavy atom. The van der Waals surface area contributed by atoms with E-state index in [2.05, 4.69) is 0 Å². The molecular weight excluding hydrogens is 259 g/mol. The summed E-state index contributed by atoms with van der Waals surface area (Å²) in [6.45, 7) is 0.133. The molecule has 4 nitrogen and oxygen atoms in total. The Bertz CT molecular complexity index is 427. The van der Waals surface area contributed by atoms with Crippen molar-refractivity contribution in [2.45, 2.75) is 18.0 Å². The van der Waals surface area contributed by atoms with Crippen molar-refractivity contribution in [3.05, 3.63) is 18.1 Å². The molecule has 0 unspecified atom stereocenters. The first kappa shape index (κ1) is 13.8. The molecule has 0 spiro atoms. The highest BCUT2D eigenvalue weighted by Gasteiger charge is 2.28. The minimum absolute atomic E-state index is 0.312. The Labute approximate surface area is 97.6 Å². The van der Waals surface area contributed by atoms with E-state index in [0.29, 0.717) is 10.7 Å². The van der Waals surface area contributed by atoms with Gasteiger partial charge in [0.15, 0.2) is 0 Å². The summed E-state index contributed by atoms with van der Waals surface area (Å²) in [6.07, 6.45) is -3.17. The molecule has 1 amide bonds. The third kappa shape index (κ3) is 4.59. The van der Waals surface area contributed by atoms with Crippen molar-refractivity contribution in [2.24, 2.45) is 0 Å². The molecule has 8 heteroatoms. The number of carbonyl (C=O) groups excluding carboxylic acids is 1. The summed E-state index contributed by atoms with van der Waals surface area (Å²) < 4.78 is 51.8. The van der Waals surface area contributed by atoms with Crippen LogP contribution >= 0.6 is 0 Å². The summed E-state index contributed by atoms with van der Waals surface area (Å²) in [5, 5.41) is 1.65. The van der Waals surface area contributed by atoms with Crippen molar-refractivity contribution in [1.29, 1.82) is 0 Å². The number of nitrogens with one attached hydrogen (secondary N) is 1. The van der Waals surface area contributed by atoms with Crippen LogP contribution in [0.2, 0.25) is 0 Å². The van der Waals surface area contributed by atoms with Crippen LogP contribution in [0, 0.1) is 6.92 Å². The Morgan fingerprint density at radius 2 is 2.18 bits per heavy atom. The van der Waals surface area contributed by atoms with Crippen LogP contribution in [0.15, 0.2) is 21.6 Å². The maximum atomic E-state index is 11.8. The first-order valence-electron chi connectivity index (χ1n) is 4.55. The smallest absolute Gasteiger partial charge is 0.405 e. The van der Waals surface area contributed by atoms with Crippen molar-refractivity contribution in [1.82, 2.24) is 5.32 Å². The highest BCUT2D eigenvalue weighted by Crippen LogP contribution is 2.14. The predicted molar refractivity (Wildman–Crippen MR) is 53.8 cm³/mol. The number of halogens is 3. The minimum Gasteiger partial charge on any atom is -0.468 e. The number of amides is 1. The zero-order chi connectivity index (χ0) is 13.1. The van der Waals surface area contributed by atoms with E-state index >= 15 is 0 Å². The van der Waals surface area contributed by atoms with E-state index in [1.54, 1.807) is 12.2 Å². The number of aryl methyl sites for hydroxylation is 1. The van der Waals surface area contributed by atoms with Gasteiger partial charge in [-0.25, -0.2) is 0 Å². The monoisotopic (exact) mass is 269 g/mol. The maximum Gasteiger partial charge on any atom is 0.405 e. The quantitative estimate of drug-likeness (QED) is 0.898. The SMILES string of the molecule is Cc1occc1[S@@](=O)CC(=O)NCC(F)(F)F. The van der Waals surface area contributed by atoms with Gasteiger partial charge in [-0.2, -0.15) is 13.2 Å². The molecule has 1 heterocycles. The van der Waals surface area contributed by atoms with Crippen LogP contribution in [0.1, 0.15) is 5.76 Å². The summed E-state index contributed by atoms with van der Waals surface area (Å²) in [5.74, 6) is -1.05. The van der Waals surface area contributed by atoms with Gasteiger partial charge in [-0.15, -0.1) is 0 Å². The lowest BCUT2D eigenvalue weighted by Crippen LogP contribution is -2.36. The number of rotatable bonds is 4. The van der Waals surface area contributed by atoms with Crippen molar-refractivity contribution >= 4 is 16.7 Å². The highest BCUT2D eigenvalue weighted by molar-refractivity contribution is 7.85. The lowest BCUT2D eigenvalue weighted by atomic mass is 10.5. The van der Waals surface area contributed by atoms with Gasteiger partial charge in [-0.3, -0.25) is 9.00 Å². The predicted octanol–water partition coefficient (Wildman–Crippen LogP) is 1.37. The van der Waals surface area contributed by atoms with Crippen molar-refractivity contribution in [3.8, 4) is 0 Å². The second kappa shape index (κ2) is 5.35. The van der Waals surface area contributed by atoms with Crippen molar-refractivity contribution in [2.75, 3.05) is 12.3 Å². The molecule has 1 aromatic heterocycles. The zero-order valence-electron chi connectivity index (χ0n) is 8.84. The van der Waals surface area contributed by atoms with Gasteiger partial charge in [0.1, 0.15) is 18.1 Å². The van der Waals surface area contributed by atoms with E-state index in [-0.39, 0.29) is 0 Å². The maximum absolute atomic E-state index is 11.8. The normalized spacial score (nSPS) is 13.4. The topological polar surface area (TPSA) is 59.3 Å². The number of carbonyl (C=O) groups is 1. The zero-order valence-corrected chi connectivity index (χ0v) is 9.65. The summed E-state index contributed by atoms with van der Waals surface area (Å²) >= 11 is 0. The Balaban J connectivity index is 2.47. The Morgan fingerprint density at radius 3 is 2.65 bits per heavy atom. The van der Waals surface area contributed by atoms with Gasteiger partial charge in [0.25, 0.3) is 0 Å². The fraction of sp³-hybridized carbons (Fsp3) is 0.444. The average Bonchev–Trinajstić information content (AvgIpc) is 2.60. The molecule has 0 fully saturated rings. The molecule has 0 bridgehead atoms. The fourth-order valence-corrected chi connectivity index (χ4v) is 2.13. The van der Waals surface area contributed by atoms with Crippen LogP contribution in [0.3, 0.4) is 0 Å². The largest absolute Gasteiger partial charge is 0.468 e. The van der Waals surface area contributed by atoms with E-state index in [9.17, 15) is 22.2 Å². The molecule has 1 rings (SSSR count). The van der Waals surface area contributed by atoms with Gasteiger partial charge in [0.2, 0.25) is 5.91 Å². The third-order valence-corrected chi connectivity index (χ3v) is 3.24. The average molecular weight is 269 g/mol. The summed E-state index contributed by atoms with van der Waals surface area (Å²) in [7, 11) is -1.70. The van der Waals surface area contributed by atoms with Gasteiger partial charge in [-0.1, -0.05) is 0 Å². The molecule has 0 radical (unpaired) electrons. The highest BCUT2D eigenvalue weighted by atomic mass is 32.2. The van der Waals surface area contributed by atoms with Gasteiger partial charge in [0.05, 0.1) is 22.0 Å². The van der Waals surface area contributed by atoms with Crippen molar-refractivity contribution < 1.29 is 26.6 Å². The molecule has 0 aliphatic heterocycles. The number of furan rings is 1. The molecule has 1 N–H and O–H groups in total. The standard InChI is InChI=1S/C9H10F3NO3S/c1-6-7(2-3-16-6)17(15)4-8(14)13-5-9(10,11)12/h2-3H,4-5H2,1H3,(H,13,14)/t17-/m0/s1. The van der Waals surface area contributed by atoms with E-state index in [1.807, 2.05) is 0 Å². The molecule has 1 atom stereocenters. The molecule has 0 saturated heterocycles. The van der Waals surface area contributed by atoms with E-state index in [1.165, 1.54) is 12.3 Å². The summed E-state index contributed by atoms with van der Waals surface area (Å²) in [6, 6.07) is 1.42. The number of hydrogen-bond donors (Lipinski definition) is 1. The molecule has 17 heavy (non-hydrogen) atoms. The molecule has 1 aromatic rings. The number of hydrogen-bond acceptors (Lipinski definition) is 3. The molecule has 0 aliphatic rings. The van der Waals surface area contributed by atoms with E-state index in [0.717, 1.165) is 0 Å². The van der Waals surface area contributed by atoms with Gasteiger partial charge in [-0.05, 0) is 13.0 Å². The molecule has 0 aromatic carbocycles. The first-order valence-corrected chi connectivity index (χ1v) is 5.87. The fourth-order valence-electron chi connectivity index (χ4n) is 1.06. The molecule has 0 saturated carbocycles. The van der Waals surface area contributed by atoms with Gasteiger partial charge < -0.3 is 9.73 Å². The van der Waals surface area contributed by atoms with E-state index < -0.39 is 35.2 Å². The Kier molecular flexibility index (Phi) is 4.33. The third-order valence-electron chi connectivity index (χ3n) is 1.80. The summed E-state index contributed by atoms with van der Waals surface area (Å²) in [5.41, 5.74) is 0. The van der Waals surface area contributed by atoms with Crippen LogP contribution in [0.5, 0.6) is 0 Å². The second-order valence-corrected chi connectivity index (χ2v) is 4.64. The van der Waals surface area contributed by atoms with Crippen LogP contribution in [0.4, 0.5) is 13.2 Å².